The second-order valence-electron chi connectivity index (χ2n) is 3.78. The van der Waals surface area contributed by atoms with Crippen molar-refractivity contribution >= 4 is 34.8 Å². The first kappa shape index (κ1) is 12.4. The number of nitrogens with zero attached hydrogens (tertiary/aromatic N) is 2. The third-order valence-electron chi connectivity index (χ3n) is 2.77. The van der Waals surface area contributed by atoms with Crippen molar-refractivity contribution in [3.63, 3.8) is 0 Å². The van der Waals surface area contributed by atoms with Gasteiger partial charge in [0.1, 0.15) is 5.88 Å². The molecule has 1 aliphatic heterocycles. The highest BCUT2D eigenvalue weighted by Gasteiger charge is 2.24. The third kappa shape index (κ3) is 2.79. The number of amides is 2. The zero-order chi connectivity index (χ0) is 12.3. The molecule has 2 rings (SSSR count). The standard InChI is InChI=1S/C11H13ClN2O2S/c12-8-10(15)13-3-5-14(6-4-13)11(16)9-2-1-7-17-9/h1-2,7H,3-6,8H2. The van der Waals surface area contributed by atoms with Crippen LogP contribution in [0.2, 0.25) is 0 Å². The lowest BCUT2D eigenvalue weighted by atomic mass is 10.3. The van der Waals surface area contributed by atoms with Crippen molar-refractivity contribution in [1.29, 1.82) is 0 Å². The van der Waals surface area contributed by atoms with Gasteiger partial charge in [-0.2, -0.15) is 0 Å². The van der Waals surface area contributed by atoms with Gasteiger partial charge in [0.05, 0.1) is 4.88 Å². The van der Waals surface area contributed by atoms with Gasteiger partial charge in [0, 0.05) is 26.2 Å². The van der Waals surface area contributed by atoms with Crippen LogP contribution in [0.3, 0.4) is 0 Å². The molecule has 17 heavy (non-hydrogen) atoms. The quantitative estimate of drug-likeness (QED) is 0.761. The maximum atomic E-state index is 12.0. The van der Waals surface area contributed by atoms with Crippen LogP contribution in [0.25, 0.3) is 0 Å². The highest BCUT2D eigenvalue weighted by Crippen LogP contribution is 2.13. The summed E-state index contributed by atoms with van der Waals surface area (Å²) in [6, 6.07) is 3.69. The fraction of sp³-hybridized carbons (Fsp3) is 0.455. The van der Waals surface area contributed by atoms with Gasteiger partial charge in [0.2, 0.25) is 5.91 Å². The van der Waals surface area contributed by atoms with Crippen molar-refractivity contribution in [2.75, 3.05) is 32.1 Å². The van der Waals surface area contributed by atoms with Gasteiger partial charge in [-0.05, 0) is 11.4 Å². The summed E-state index contributed by atoms with van der Waals surface area (Å²) in [5, 5.41) is 1.89. The van der Waals surface area contributed by atoms with Crippen LogP contribution < -0.4 is 0 Å². The molecule has 6 heteroatoms. The Bertz CT molecular complexity index is 400. The smallest absolute Gasteiger partial charge is 0.264 e. The molecule has 0 radical (unpaired) electrons. The van der Waals surface area contributed by atoms with Crippen molar-refractivity contribution in [1.82, 2.24) is 9.80 Å². The Morgan fingerprint density at radius 2 is 1.88 bits per heavy atom. The SMILES string of the molecule is O=C(CCl)N1CCN(C(=O)c2cccs2)CC1. The Morgan fingerprint density at radius 1 is 1.24 bits per heavy atom. The number of carbonyl (C=O) groups is 2. The molecule has 0 spiro atoms. The second kappa shape index (κ2) is 5.51. The van der Waals surface area contributed by atoms with Gasteiger partial charge >= 0.3 is 0 Å². The van der Waals surface area contributed by atoms with Crippen molar-refractivity contribution in [2.24, 2.45) is 0 Å². The Morgan fingerprint density at radius 3 is 2.41 bits per heavy atom. The number of piperazine rings is 1. The lowest BCUT2D eigenvalue weighted by Crippen LogP contribution is -2.50. The molecule has 1 fully saturated rings. The molecule has 2 heterocycles. The number of hydrogen-bond acceptors (Lipinski definition) is 3. The molecule has 0 bridgehead atoms. The summed E-state index contributed by atoms with van der Waals surface area (Å²) in [6.07, 6.45) is 0. The molecule has 0 N–H and O–H groups in total. The molecule has 1 aromatic rings. The molecule has 1 aromatic heterocycles. The third-order valence-corrected chi connectivity index (χ3v) is 3.85. The first-order valence-corrected chi connectivity index (χ1v) is 6.80. The number of carbonyl (C=O) groups excluding carboxylic acids is 2. The van der Waals surface area contributed by atoms with Crippen LogP contribution in [0, 0.1) is 0 Å². The summed E-state index contributed by atoms with van der Waals surface area (Å²) >= 11 is 6.94. The molecule has 2 amide bonds. The van der Waals surface area contributed by atoms with E-state index in [-0.39, 0.29) is 17.7 Å². The lowest BCUT2D eigenvalue weighted by Gasteiger charge is -2.34. The van der Waals surface area contributed by atoms with E-state index in [1.165, 1.54) is 11.3 Å². The van der Waals surface area contributed by atoms with Crippen molar-refractivity contribution in [2.45, 2.75) is 0 Å². The summed E-state index contributed by atoms with van der Waals surface area (Å²) in [5.74, 6) is 0.00616. The molecule has 0 unspecified atom stereocenters. The Labute approximate surface area is 109 Å². The molecular formula is C11H13ClN2O2S. The number of thiophene rings is 1. The number of halogens is 1. The van der Waals surface area contributed by atoms with Gasteiger partial charge in [-0.15, -0.1) is 22.9 Å². The van der Waals surface area contributed by atoms with E-state index >= 15 is 0 Å². The Kier molecular flexibility index (Phi) is 4.02. The highest BCUT2D eigenvalue weighted by atomic mass is 35.5. The monoisotopic (exact) mass is 272 g/mol. The van der Waals surface area contributed by atoms with Crippen molar-refractivity contribution in [3.05, 3.63) is 22.4 Å². The van der Waals surface area contributed by atoms with E-state index in [9.17, 15) is 9.59 Å². The second-order valence-corrected chi connectivity index (χ2v) is 5.00. The summed E-state index contributed by atoms with van der Waals surface area (Å²) in [7, 11) is 0. The fourth-order valence-electron chi connectivity index (χ4n) is 1.80. The van der Waals surface area contributed by atoms with Gasteiger partial charge < -0.3 is 9.80 Å². The molecule has 0 saturated carbocycles. The first-order chi connectivity index (χ1) is 8.22. The zero-order valence-corrected chi connectivity index (χ0v) is 10.8. The molecule has 0 aromatic carbocycles. The molecule has 1 aliphatic rings. The summed E-state index contributed by atoms with van der Waals surface area (Å²) < 4.78 is 0. The number of rotatable bonds is 2. The average molecular weight is 273 g/mol. The summed E-state index contributed by atoms with van der Waals surface area (Å²) in [5.41, 5.74) is 0. The van der Waals surface area contributed by atoms with Gasteiger partial charge in [-0.25, -0.2) is 0 Å². The first-order valence-electron chi connectivity index (χ1n) is 5.39. The van der Waals surface area contributed by atoms with Gasteiger partial charge in [0.15, 0.2) is 0 Å². The van der Waals surface area contributed by atoms with Gasteiger partial charge in [-0.3, -0.25) is 9.59 Å². The van der Waals surface area contributed by atoms with Crippen molar-refractivity contribution in [3.8, 4) is 0 Å². The minimum Gasteiger partial charge on any atom is -0.338 e. The van der Waals surface area contributed by atoms with Crippen molar-refractivity contribution < 1.29 is 9.59 Å². The molecular weight excluding hydrogens is 260 g/mol. The zero-order valence-electron chi connectivity index (χ0n) is 9.26. The van der Waals surface area contributed by atoms with Gasteiger partial charge in [-0.1, -0.05) is 6.07 Å². The Balaban J connectivity index is 1.91. The van der Waals surface area contributed by atoms with Crippen LogP contribution in [-0.4, -0.2) is 53.7 Å². The molecule has 4 nitrogen and oxygen atoms in total. The maximum absolute atomic E-state index is 12.0. The van der Waals surface area contributed by atoms with E-state index in [1.807, 2.05) is 17.5 Å². The minimum atomic E-state index is -0.0603. The van der Waals surface area contributed by atoms with Crippen LogP contribution in [0.15, 0.2) is 17.5 Å². The molecule has 92 valence electrons. The maximum Gasteiger partial charge on any atom is 0.264 e. The predicted octanol–water partition coefficient (Wildman–Crippen LogP) is 1.27. The topological polar surface area (TPSA) is 40.6 Å². The van der Waals surface area contributed by atoms with E-state index in [4.69, 9.17) is 11.6 Å². The van der Waals surface area contributed by atoms with Crippen LogP contribution in [-0.2, 0) is 4.79 Å². The average Bonchev–Trinajstić information content (AvgIpc) is 2.91. The number of alkyl halides is 1. The fourth-order valence-corrected chi connectivity index (χ4v) is 2.66. The molecule has 0 atom stereocenters. The normalized spacial score (nSPS) is 16.1. The van der Waals surface area contributed by atoms with E-state index in [1.54, 1.807) is 9.80 Å². The number of hydrogen-bond donors (Lipinski definition) is 0. The predicted molar refractivity (Wildman–Crippen MR) is 67.5 cm³/mol. The van der Waals surface area contributed by atoms with E-state index in [0.29, 0.717) is 26.2 Å². The van der Waals surface area contributed by atoms with Gasteiger partial charge in [0.25, 0.3) is 5.91 Å². The van der Waals surface area contributed by atoms with Crippen LogP contribution in [0.1, 0.15) is 9.67 Å². The van der Waals surface area contributed by atoms with Crippen LogP contribution in [0.5, 0.6) is 0 Å². The van der Waals surface area contributed by atoms with Crippen LogP contribution in [0.4, 0.5) is 0 Å². The molecule has 1 saturated heterocycles. The largest absolute Gasteiger partial charge is 0.338 e. The minimum absolute atomic E-state index is 0.0128. The lowest BCUT2D eigenvalue weighted by molar-refractivity contribution is -0.129. The van der Waals surface area contributed by atoms with E-state index in [2.05, 4.69) is 0 Å². The Hall–Kier alpha value is -1.07. The van der Waals surface area contributed by atoms with E-state index in [0.717, 1.165) is 4.88 Å². The molecule has 0 aliphatic carbocycles. The van der Waals surface area contributed by atoms with E-state index < -0.39 is 0 Å². The van der Waals surface area contributed by atoms with Crippen LogP contribution >= 0.6 is 22.9 Å². The summed E-state index contributed by atoms with van der Waals surface area (Å²) in [4.78, 5) is 27.6. The summed E-state index contributed by atoms with van der Waals surface area (Å²) in [6.45, 7) is 2.31. The highest BCUT2D eigenvalue weighted by molar-refractivity contribution is 7.12.